The number of nitrogen functional groups attached to an aromatic ring is 1. The molecule has 102 valence electrons. The van der Waals surface area contributed by atoms with E-state index in [2.05, 4.69) is 23.8 Å². The predicted molar refractivity (Wildman–Crippen MR) is 79.0 cm³/mol. The van der Waals surface area contributed by atoms with Crippen LogP contribution in [0.1, 0.15) is 25.3 Å². The third-order valence-electron chi connectivity index (χ3n) is 3.36. The van der Waals surface area contributed by atoms with E-state index in [0.717, 1.165) is 22.3 Å². The van der Waals surface area contributed by atoms with Gasteiger partial charge in [-0.05, 0) is 23.6 Å². The number of phenols is 1. The van der Waals surface area contributed by atoms with E-state index in [0.29, 0.717) is 11.7 Å². The number of benzene rings is 1. The Hall–Kier alpha value is -2.56. The van der Waals surface area contributed by atoms with Gasteiger partial charge in [0, 0.05) is 18.0 Å². The van der Waals surface area contributed by atoms with Crippen LogP contribution in [-0.4, -0.2) is 19.6 Å². The van der Waals surface area contributed by atoms with Crippen LogP contribution in [-0.2, 0) is 0 Å². The molecule has 3 aromatic rings. The van der Waals surface area contributed by atoms with Crippen LogP contribution in [0.4, 0.5) is 5.82 Å². The van der Waals surface area contributed by atoms with E-state index in [1.807, 2.05) is 16.8 Å². The molecule has 0 fully saturated rings. The molecule has 3 rings (SSSR count). The zero-order valence-corrected chi connectivity index (χ0v) is 11.4. The van der Waals surface area contributed by atoms with E-state index >= 15 is 0 Å². The summed E-state index contributed by atoms with van der Waals surface area (Å²) in [6, 6.07) is 7.04. The van der Waals surface area contributed by atoms with Crippen molar-refractivity contribution in [2.45, 2.75) is 19.8 Å². The number of aromatic hydroxyl groups is 1. The molecular formula is C15H16N4O. The summed E-state index contributed by atoms with van der Waals surface area (Å²) < 4.78 is 1.93. The molecule has 0 saturated carbocycles. The summed E-state index contributed by atoms with van der Waals surface area (Å²) in [5.74, 6) is 0.974. The van der Waals surface area contributed by atoms with Crippen molar-refractivity contribution in [2.75, 3.05) is 5.73 Å². The van der Waals surface area contributed by atoms with Crippen LogP contribution in [0.15, 0.2) is 36.8 Å². The Morgan fingerprint density at radius 1 is 1.25 bits per heavy atom. The highest BCUT2D eigenvalue weighted by Crippen LogP contribution is 2.31. The molecule has 0 saturated heterocycles. The summed E-state index contributed by atoms with van der Waals surface area (Å²) in [6.07, 6.45) is 3.49. The number of nitrogens with zero attached hydrogens (tertiary/aromatic N) is 3. The van der Waals surface area contributed by atoms with Gasteiger partial charge in [-0.15, -0.1) is 0 Å². The number of nitrogens with two attached hydrogens (primary N) is 1. The molecule has 3 N–H and O–H groups in total. The Kier molecular flexibility index (Phi) is 2.82. The first-order valence-corrected chi connectivity index (χ1v) is 6.48. The van der Waals surface area contributed by atoms with Crippen molar-refractivity contribution < 1.29 is 5.11 Å². The van der Waals surface area contributed by atoms with Crippen molar-refractivity contribution in [3.8, 4) is 11.4 Å². The van der Waals surface area contributed by atoms with Gasteiger partial charge < -0.3 is 15.4 Å². The molecule has 2 aromatic heterocycles. The number of fused-ring (bicyclic) bond motifs is 1. The van der Waals surface area contributed by atoms with E-state index in [9.17, 15) is 5.11 Å². The van der Waals surface area contributed by atoms with Gasteiger partial charge in [-0.2, -0.15) is 0 Å². The van der Waals surface area contributed by atoms with Crippen LogP contribution in [0.3, 0.4) is 0 Å². The topological polar surface area (TPSA) is 77.0 Å². The lowest BCUT2D eigenvalue weighted by atomic mass is 10.1. The SMILES string of the molecule is CC(C)c1cn(-c2cccc(O)c2)c2c(N)ncnc12. The lowest BCUT2D eigenvalue weighted by Gasteiger charge is -2.06. The van der Waals surface area contributed by atoms with Crippen molar-refractivity contribution >= 4 is 16.9 Å². The molecule has 0 amide bonds. The highest BCUT2D eigenvalue weighted by Gasteiger charge is 2.16. The maximum Gasteiger partial charge on any atom is 0.151 e. The second-order valence-corrected chi connectivity index (χ2v) is 5.09. The van der Waals surface area contributed by atoms with Crippen LogP contribution in [0, 0.1) is 0 Å². The van der Waals surface area contributed by atoms with E-state index in [1.165, 1.54) is 6.33 Å². The predicted octanol–water partition coefficient (Wildman–Crippen LogP) is 2.83. The summed E-state index contributed by atoms with van der Waals surface area (Å²) in [7, 11) is 0. The average molecular weight is 268 g/mol. The Balaban J connectivity index is 2.36. The Labute approximate surface area is 116 Å². The normalized spacial score (nSPS) is 11.3. The fourth-order valence-corrected chi connectivity index (χ4v) is 2.37. The minimum Gasteiger partial charge on any atom is -0.508 e. The van der Waals surface area contributed by atoms with Crippen LogP contribution < -0.4 is 5.73 Å². The third-order valence-corrected chi connectivity index (χ3v) is 3.36. The first-order chi connectivity index (χ1) is 9.58. The molecule has 0 aliphatic rings. The average Bonchev–Trinajstić information content (AvgIpc) is 2.80. The van der Waals surface area contributed by atoms with Gasteiger partial charge in [0.2, 0.25) is 0 Å². The van der Waals surface area contributed by atoms with Gasteiger partial charge in [-0.25, -0.2) is 9.97 Å². The Morgan fingerprint density at radius 3 is 2.75 bits per heavy atom. The number of hydrogen-bond acceptors (Lipinski definition) is 4. The zero-order valence-electron chi connectivity index (χ0n) is 11.4. The Bertz CT molecular complexity index is 777. The summed E-state index contributed by atoms with van der Waals surface area (Å²) >= 11 is 0. The monoisotopic (exact) mass is 268 g/mol. The summed E-state index contributed by atoms with van der Waals surface area (Å²) in [4.78, 5) is 8.43. The van der Waals surface area contributed by atoms with Gasteiger partial charge in [0.25, 0.3) is 0 Å². The fraction of sp³-hybridized carbons (Fsp3) is 0.200. The highest BCUT2D eigenvalue weighted by atomic mass is 16.3. The number of rotatable bonds is 2. The minimum absolute atomic E-state index is 0.214. The molecule has 0 spiro atoms. The maximum atomic E-state index is 9.66. The third kappa shape index (κ3) is 1.87. The van der Waals surface area contributed by atoms with Crippen LogP contribution >= 0.6 is 0 Å². The van der Waals surface area contributed by atoms with Gasteiger partial charge in [-0.1, -0.05) is 19.9 Å². The first kappa shape index (κ1) is 12.5. The van der Waals surface area contributed by atoms with Crippen LogP contribution in [0.5, 0.6) is 5.75 Å². The van der Waals surface area contributed by atoms with Crippen LogP contribution in [0.2, 0.25) is 0 Å². The van der Waals surface area contributed by atoms with Crippen molar-refractivity contribution in [1.82, 2.24) is 14.5 Å². The van der Waals surface area contributed by atoms with Gasteiger partial charge in [-0.3, -0.25) is 0 Å². The lowest BCUT2D eigenvalue weighted by Crippen LogP contribution is -1.98. The Morgan fingerprint density at radius 2 is 2.05 bits per heavy atom. The molecule has 0 aliphatic carbocycles. The van der Waals surface area contributed by atoms with Crippen molar-refractivity contribution in [3.63, 3.8) is 0 Å². The summed E-state index contributed by atoms with van der Waals surface area (Å²) in [5, 5.41) is 9.66. The molecule has 5 heteroatoms. The molecular weight excluding hydrogens is 252 g/mol. The fourth-order valence-electron chi connectivity index (χ4n) is 2.37. The van der Waals surface area contributed by atoms with E-state index in [4.69, 9.17) is 5.73 Å². The summed E-state index contributed by atoms with van der Waals surface area (Å²) in [6.45, 7) is 4.22. The van der Waals surface area contributed by atoms with Gasteiger partial charge in [0.15, 0.2) is 5.82 Å². The van der Waals surface area contributed by atoms with E-state index < -0.39 is 0 Å². The second-order valence-electron chi connectivity index (χ2n) is 5.09. The first-order valence-electron chi connectivity index (χ1n) is 6.48. The molecule has 1 aromatic carbocycles. The highest BCUT2D eigenvalue weighted by molar-refractivity contribution is 5.89. The summed E-state index contributed by atoms with van der Waals surface area (Å²) in [5.41, 5.74) is 9.59. The van der Waals surface area contributed by atoms with Crippen molar-refractivity contribution in [1.29, 1.82) is 0 Å². The zero-order chi connectivity index (χ0) is 14.3. The molecule has 0 atom stereocenters. The molecule has 0 unspecified atom stereocenters. The number of aromatic nitrogens is 3. The quantitative estimate of drug-likeness (QED) is 0.749. The van der Waals surface area contributed by atoms with Crippen LogP contribution in [0.25, 0.3) is 16.7 Å². The molecule has 2 heterocycles. The molecule has 0 bridgehead atoms. The molecule has 5 nitrogen and oxygen atoms in total. The standard InChI is InChI=1S/C15H16N4O/c1-9(2)12-7-19(10-4-3-5-11(20)6-10)14-13(12)17-8-18-15(14)16/h3-9,20H,1-2H3,(H2,16,17,18). The lowest BCUT2D eigenvalue weighted by molar-refractivity contribution is 0.475. The molecule has 0 radical (unpaired) electrons. The van der Waals surface area contributed by atoms with E-state index in [-0.39, 0.29) is 5.75 Å². The molecule has 0 aliphatic heterocycles. The smallest absolute Gasteiger partial charge is 0.151 e. The number of hydrogen-bond donors (Lipinski definition) is 2. The molecule has 20 heavy (non-hydrogen) atoms. The second kappa shape index (κ2) is 4.52. The van der Waals surface area contributed by atoms with Gasteiger partial charge in [0.1, 0.15) is 17.6 Å². The van der Waals surface area contributed by atoms with E-state index in [1.54, 1.807) is 18.2 Å². The van der Waals surface area contributed by atoms with Gasteiger partial charge in [0.05, 0.1) is 5.52 Å². The van der Waals surface area contributed by atoms with Crippen molar-refractivity contribution in [2.24, 2.45) is 0 Å². The number of phenolic OH excluding ortho intramolecular Hbond substituents is 1. The largest absolute Gasteiger partial charge is 0.508 e. The van der Waals surface area contributed by atoms with Gasteiger partial charge >= 0.3 is 0 Å². The van der Waals surface area contributed by atoms with Crippen molar-refractivity contribution in [3.05, 3.63) is 42.4 Å². The number of anilines is 1. The minimum atomic E-state index is 0.214. The maximum absolute atomic E-state index is 9.66.